The monoisotopic (exact) mass is 222 g/mol. The molecule has 1 aliphatic carbocycles. The maximum atomic E-state index is 11.1. The smallest absolute Gasteiger partial charge is 0.317 e. The number of esters is 2. The van der Waals surface area contributed by atoms with Crippen molar-refractivity contribution < 1.29 is 14.3 Å². The Labute approximate surface area is 85.3 Å². The molecule has 0 aromatic heterocycles. The van der Waals surface area contributed by atoms with E-state index in [1.54, 1.807) is 0 Å². The van der Waals surface area contributed by atoms with E-state index in [1.807, 2.05) is 0 Å². The number of carbonyl (C=O) groups is 2. The van der Waals surface area contributed by atoms with Crippen LogP contribution in [0.25, 0.3) is 0 Å². The van der Waals surface area contributed by atoms with Crippen molar-refractivity contribution in [2.45, 2.75) is 0 Å². The zero-order valence-corrected chi connectivity index (χ0v) is 8.22. The lowest BCUT2D eigenvalue weighted by molar-refractivity contribution is -0.153. The second-order valence-electron chi connectivity index (χ2n) is 3.43. The molecule has 3 nitrogen and oxygen atoms in total. The lowest BCUT2D eigenvalue weighted by atomic mass is 9.59. The second kappa shape index (κ2) is 3.14. The van der Waals surface area contributed by atoms with E-state index in [0.29, 0.717) is 11.8 Å². The van der Waals surface area contributed by atoms with Gasteiger partial charge in [-0.1, -0.05) is 0 Å². The highest BCUT2D eigenvalue weighted by atomic mass is 35.5. The van der Waals surface area contributed by atoms with Crippen molar-refractivity contribution in [1.82, 2.24) is 0 Å². The largest absolute Gasteiger partial charge is 0.393 e. The van der Waals surface area contributed by atoms with Crippen LogP contribution in [0.15, 0.2) is 0 Å². The SMILES string of the molecule is O=C1OC(=O)[C@H]2[C@@H](CCl)[C@@H](CCl)[C@@H]12. The third kappa shape index (κ3) is 1.10. The lowest BCUT2D eigenvalue weighted by Crippen LogP contribution is -2.50. The number of carbonyl (C=O) groups excluding carboxylic acids is 2. The molecule has 0 N–H and O–H groups in total. The van der Waals surface area contributed by atoms with E-state index in [9.17, 15) is 9.59 Å². The number of cyclic esters (lactones) is 2. The van der Waals surface area contributed by atoms with Gasteiger partial charge in [-0.2, -0.15) is 0 Å². The number of hydrogen-bond acceptors (Lipinski definition) is 3. The van der Waals surface area contributed by atoms with Gasteiger partial charge in [0, 0.05) is 11.8 Å². The first-order chi connectivity index (χ1) is 6.20. The molecule has 5 heteroatoms. The second-order valence-corrected chi connectivity index (χ2v) is 4.05. The van der Waals surface area contributed by atoms with Gasteiger partial charge in [-0.3, -0.25) is 9.59 Å². The summed E-state index contributed by atoms with van der Waals surface area (Å²) in [6.45, 7) is 0. The molecule has 2 fully saturated rings. The molecule has 72 valence electrons. The van der Waals surface area contributed by atoms with Crippen LogP contribution >= 0.6 is 23.2 Å². The van der Waals surface area contributed by atoms with Gasteiger partial charge in [-0.05, 0) is 11.8 Å². The zero-order chi connectivity index (χ0) is 9.59. The number of hydrogen-bond donors (Lipinski definition) is 0. The molecule has 13 heavy (non-hydrogen) atoms. The van der Waals surface area contributed by atoms with Crippen LogP contribution in [0.2, 0.25) is 0 Å². The Hall–Kier alpha value is -0.280. The molecule has 0 amide bonds. The van der Waals surface area contributed by atoms with Crippen molar-refractivity contribution in [2.75, 3.05) is 11.8 Å². The van der Waals surface area contributed by atoms with Crippen LogP contribution in [0.5, 0.6) is 0 Å². The summed E-state index contributed by atoms with van der Waals surface area (Å²) in [5.74, 6) is -0.750. The molecule has 1 aliphatic heterocycles. The Morgan fingerprint density at radius 1 is 1.00 bits per heavy atom. The van der Waals surface area contributed by atoms with Crippen LogP contribution in [0.4, 0.5) is 0 Å². The minimum Gasteiger partial charge on any atom is -0.393 e. The Kier molecular flexibility index (Phi) is 2.24. The topological polar surface area (TPSA) is 43.4 Å². The van der Waals surface area contributed by atoms with Gasteiger partial charge in [0.2, 0.25) is 0 Å². The van der Waals surface area contributed by atoms with Gasteiger partial charge >= 0.3 is 11.9 Å². The predicted molar refractivity (Wildman–Crippen MR) is 46.5 cm³/mol. The highest BCUT2D eigenvalue weighted by Crippen LogP contribution is 2.51. The number of fused-ring (bicyclic) bond motifs is 1. The molecule has 1 saturated carbocycles. The summed E-state index contributed by atoms with van der Waals surface area (Å²) in [5, 5.41) is 0. The molecule has 2 rings (SSSR count). The van der Waals surface area contributed by atoms with E-state index < -0.39 is 11.9 Å². The summed E-state index contributed by atoms with van der Waals surface area (Å²) < 4.78 is 4.52. The standard InChI is InChI=1S/C8H8Cl2O3/c9-1-3-4(2-10)6-5(3)7(11)13-8(6)12/h3-6H,1-2H2/t3-,4+,5-,6+. The molecule has 1 heterocycles. The molecular formula is C8H8Cl2O3. The fourth-order valence-corrected chi connectivity index (χ4v) is 3.06. The molecular weight excluding hydrogens is 215 g/mol. The fraction of sp³-hybridized carbons (Fsp3) is 0.750. The van der Waals surface area contributed by atoms with Gasteiger partial charge in [0.1, 0.15) is 0 Å². The third-order valence-corrected chi connectivity index (χ3v) is 3.67. The van der Waals surface area contributed by atoms with Crippen LogP contribution < -0.4 is 0 Å². The van der Waals surface area contributed by atoms with Gasteiger partial charge in [-0.15, -0.1) is 23.2 Å². The first kappa shape index (κ1) is 9.28. The minimum absolute atomic E-state index is 0.0168. The van der Waals surface area contributed by atoms with Gasteiger partial charge in [-0.25, -0.2) is 0 Å². The van der Waals surface area contributed by atoms with Gasteiger partial charge in [0.15, 0.2) is 0 Å². The van der Waals surface area contributed by atoms with Crippen LogP contribution in [0.3, 0.4) is 0 Å². The maximum Gasteiger partial charge on any atom is 0.317 e. The van der Waals surface area contributed by atoms with Crippen molar-refractivity contribution in [2.24, 2.45) is 23.7 Å². The first-order valence-electron chi connectivity index (χ1n) is 4.08. The number of ether oxygens (including phenoxy) is 1. The van der Waals surface area contributed by atoms with Crippen molar-refractivity contribution in [3.63, 3.8) is 0 Å². The number of alkyl halides is 2. The normalized spacial score (nSPS) is 42.6. The molecule has 0 spiro atoms. The lowest BCUT2D eigenvalue weighted by Gasteiger charge is -2.42. The van der Waals surface area contributed by atoms with Gasteiger partial charge in [0.05, 0.1) is 11.8 Å². The van der Waals surface area contributed by atoms with Gasteiger partial charge < -0.3 is 4.74 Å². The number of rotatable bonds is 2. The van der Waals surface area contributed by atoms with Crippen LogP contribution in [-0.4, -0.2) is 23.7 Å². The Morgan fingerprint density at radius 2 is 1.38 bits per heavy atom. The van der Waals surface area contributed by atoms with E-state index in [-0.39, 0.29) is 23.7 Å². The summed E-state index contributed by atoms with van der Waals surface area (Å²) in [4.78, 5) is 22.3. The molecule has 0 bridgehead atoms. The molecule has 1 saturated heterocycles. The van der Waals surface area contributed by atoms with Crippen molar-refractivity contribution >= 4 is 35.1 Å². The Balaban J connectivity index is 2.20. The maximum absolute atomic E-state index is 11.1. The van der Waals surface area contributed by atoms with E-state index in [2.05, 4.69) is 4.74 Å². The molecule has 4 atom stereocenters. The van der Waals surface area contributed by atoms with E-state index in [4.69, 9.17) is 23.2 Å². The number of halogens is 2. The quantitative estimate of drug-likeness (QED) is 0.399. The molecule has 0 aromatic carbocycles. The fourth-order valence-electron chi connectivity index (χ4n) is 2.22. The van der Waals surface area contributed by atoms with Crippen LogP contribution in [-0.2, 0) is 14.3 Å². The molecule has 0 aromatic rings. The zero-order valence-electron chi connectivity index (χ0n) is 6.70. The molecule has 2 aliphatic rings. The minimum atomic E-state index is -0.429. The predicted octanol–water partition coefficient (Wildman–Crippen LogP) is 1.03. The Bertz CT molecular complexity index is 240. The van der Waals surface area contributed by atoms with Crippen LogP contribution in [0, 0.1) is 23.7 Å². The van der Waals surface area contributed by atoms with Crippen molar-refractivity contribution in [3.05, 3.63) is 0 Å². The van der Waals surface area contributed by atoms with E-state index >= 15 is 0 Å². The highest BCUT2D eigenvalue weighted by molar-refractivity contribution is 6.20. The molecule has 0 unspecified atom stereocenters. The van der Waals surface area contributed by atoms with Crippen molar-refractivity contribution in [1.29, 1.82) is 0 Å². The summed E-state index contributed by atoms with van der Waals surface area (Å²) in [7, 11) is 0. The van der Waals surface area contributed by atoms with Gasteiger partial charge in [0.25, 0.3) is 0 Å². The third-order valence-electron chi connectivity index (χ3n) is 2.96. The van der Waals surface area contributed by atoms with E-state index in [1.165, 1.54) is 0 Å². The average molecular weight is 223 g/mol. The van der Waals surface area contributed by atoms with Crippen molar-refractivity contribution in [3.8, 4) is 0 Å². The summed E-state index contributed by atoms with van der Waals surface area (Å²) in [5.41, 5.74) is 0. The first-order valence-corrected chi connectivity index (χ1v) is 5.15. The Morgan fingerprint density at radius 3 is 1.69 bits per heavy atom. The summed E-state index contributed by atoms with van der Waals surface area (Å²) in [6.07, 6.45) is 0. The molecule has 0 radical (unpaired) electrons. The average Bonchev–Trinajstić information content (AvgIpc) is 2.25. The van der Waals surface area contributed by atoms with Crippen LogP contribution in [0.1, 0.15) is 0 Å². The summed E-state index contributed by atoms with van der Waals surface area (Å²) >= 11 is 11.4. The summed E-state index contributed by atoms with van der Waals surface area (Å²) in [6, 6.07) is 0. The highest BCUT2D eigenvalue weighted by Gasteiger charge is 2.62. The van der Waals surface area contributed by atoms with E-state index in [0.717, 1.165) is 0 Å².